The molecule has 2 rings (SSSR count). The Hall–Kier alpha value is -0.410. The average molecular weight is 309 g/mol. The molecular weight excluding hydrogens is 276 g/mol. The molecule has 1 unspecified atom stereocenters. The summed E-state index contributed by atoms with van der Waals surface area (Å²) < 4.78 is 0. The van der Waals surface area contributed by atoms with Crippen molar-refractivity contribution in [3.05, 3.63) is 16.1 Å². The molecule has 2 nitrogen and oxygen atoms in total. The standard InChI is InChI=1S/C18H32N2S/c1-13(2)11-18(8-6-7-9-18)14(19)10-16-20-15(12-21-16)17(3,4)5/h12-14H,6-11,19H2,1-5H3. The summed E-state index contributed by atoms with van der Waals surface area (Å²) in [4.78, 5) is 4.84. The van der Waals surface area contributed by atoms with E-state index in [0.717, 1.165) is 12.3 Å². The van der Waals surface area contributed by atoms with Gasteiger partial charge in [0.15, 0.2) is 0 Å². The molecule has 21 heavy (non-hydrogen) atoms. The van der Waals surface area contributed by atoms with Crippen LogP contribution < -0.4 is 5.73 Å². The smallest absolute Gasteiger partial charge is 0.0944 e. The first-order valence-electron chi connectivity index (χ1n) is 8.43. The van der Waals surface area contributed by atoms with E-state index < -0.39 is 0 Å². The Morgan fingerprint density at radius 1 is 1.29 bits per heavy atom. The molecule has 1 heterocycles. The molecule has 3 heteroatoms. The van der Waals surface area contributed by atoms with Crippen LogP contribution in [0.3, 0.4) is 0 Å². The van der Waals surface area contributed by atoms with E-state index in [1.54, 1.807) is 11.3 Å². The molecule has 0 spiro atoms. The minimum Gasteiger partial charge on any atom is -0.327 e. The lowest BCUT2D eigenvalue weighted by Gasteiger charge is -2.36. The van der Waals surface area contributed by atoms with Gasteiger partial charge in [0.25, 0.3) is 0 Å². The number of nitrogens with two attached hydrogens (primary N) is 1. The molecule has 1 saturated carbocycles. The summed E-state index contributed by atoms with van der Waals surface area (Å²) in [5.41, 5.74) is 8.39. The third-order valence-corrected chi connectivity index (χ3v) is 5.79. The summed E-state index contributed by atoms with van der Waals surface area (Å²) in [5.74, 6) is 0.732. The van der Waals surface area contributed by atoms with E-state index in [-0.39, 0.29) is 11.5 Å². The monoisotopic (exact) mass is 308 g/mol. The van der Waals surface area contributed by atoms with Crippen LogP contribution in [-0.2, 0) is 11.8 Å². The maximum Gasteiger partial charge on any atom is 0.0944 e. The Labute approximate surface area is 134 Å². The zero-order valence-electron chi connectivity index (χ0n) is 14.4. The van der Waals surface area contributed by atoms with Gasteiger partial charge in [0.2, 0.25) is 0 Å². The molecule has 120 valence electrons. The number of thiazole rings is 1. The molecule has 0 radical (unpaired) electrons. The third kappa shape index (κ3) is 4.07. The topological polar surface area (TPSA) is 38.9 Å². The van der Waals surface area contributed by atoms with Crippen molar-refractivity contribution in [1.82, 2.24) is 4.98 Å². The molecule has 1 atom stereocenters. The van der Waals surface area contributed by atoms with E-state index in [1.807, 2.05) is 0 Å². The van der Waals surface area contributed by atoms with E-state index in [4.69, 9.17) is 10.7 Å². The molecule has 0 aliphatic heterocycles. The second-order valence-electron chi connectivity index (χ2n) is 8.35. The molecular formula is C18H32N2S. The first kappa shape index (κ1) is 17.0. The molecule has 1 aromatic heterocycles. The lowest BCUT2D eigenvalue weighted by atomic mass is 9.72. The van der Waals surface area contributed by atoms with Crippen LogP contribution in [0.25, 0.3) is 0 Å². The van der Waals surface area contributed by atoms with Crippen LogP contribution >= 0.6 is 11.3 Å². The largest absolute Gasteiger partial charge is 0.327 e. The van der Waals surface area contributed by atoms with Crippen LogP contribution in [0.1, 0.15) is 77.4 Å². The molecule has 0 bridgehead atoms. The Morgan fingerprint density at radius 2 is 1.90 bits per heavy atom. The molecule has 1 aliphatic rings. The highest BCUT2D eigenvalue weighted by Gasteiger charge is 2.40. The van der Waals surface area contributed by atoms with Gasteiger partial charge in [-0.25, -0.2) is 4.98 Å². The molecule has 1 fully saturated rings. The Bertz CT molecular complexity index is 450. The number of hydrogen-bond donors (Lipinski definition) is 1. The van der Waals surface area contributed by atoms with E-state index in [9.17, 15) is 0 Å². The van der Waals surface area contributed by atoms with Crippen LogP contribution in [-0.4, -0.2) is 11.0 Å². The van der Waals surface area contributed by atoms with Crippen LogP contribution in [0.5, 0.6) is 0 Å². The van der Waals surface area contributed by atoms with Gasteiger partial charge in [0, 0.05) is 23.3 Å². The summed E-state index contributed by atoms with van der Waals surface area (Å²) >= 11 is 1.79. The van der Waals surface area contributed by atoms with Crippen molar-refractivity contribution in [2.24, 2.45) is 17.1 Å². The van der Waals surface area contributed by atoms with E-state index in [0.29, 0.717) is 5.41 Å². The van der Waals surface area contributed by atoms with Crippen molar-refractivity contribution in [1.29, 1.82) is 0 Å². The lowest BCUT2D eigenvalue weighted by molar-refractivity contribution is 0.181. The van der Waals surface area contributed by atoms with Gasteiger partial charge in [-0.1, -0.05) is 47.5 Å². The summed E-state index contributed by atoms with van der Waals surface area (Å²) in [6.07, 6.45) is 7.55. The summed E-state index contributed by atoms with van der Waals surface area (Å²) in [6, 6.07) is 0.265. The molecule has 2 N–H and O–H groups in total. The zero-order valence-corrected chi connectivity index (χ0v) is 15.2. The van der Waals surface area contributed by atoms with Crippen molar-refractivity contribution in [3.8, 4) is 0 Å². The summed E-state index contributed by atoms with van der Waals surface area (Å²) in [6.45, 7) is 11.3. The van der Waals surface area contributed by atoms with Crippen molar-refractivity contribution in [2.45, 2.75) is 84.6 Å². The molecule has 0 saturated heterocycles. The highest BCUT2D eigenvalue weighted by molar-refractivity contribution is 7.09. The van der Waals surface area contributed by atoms with Crippen LogP contribution in [0.15, 0.2) is 5.38 Å². The maximum atomic E-state index is 6.68. The van der Waals surface area contributed by atoms with E-state index in [2.05, 4.69) is 40.0 Å². The fourth-order valence-electron chi connectivity index (χ4n) is 3.77. The van der Waals surface area contributed by atoms with Crippen molar-refractivity contribution in [3.63, 3.8) is 0 Å². The fourth-order valence-corrected chi connectivity index (χ4v) is 4.85. The second-order valence-corrected chi connectivity index (χ2v) is 9.30. The summed E-state index contributed by atoms with van der Waals surface area (Å²) in [7, 11) is 0. The van der Waals surface area contributed by atoms with E-state index in [1.165, 1.54) is 42.8 Å². The minimum absolute atomic E-state index is 0.141. The van der Waals surface area contributed by atoms with Crippen molar-refractivity contribution in [2.75, 3.05) is 0 Å². The maximum absolute atomic E-state index is 6.68. The van der Waals surface area contributed by atoms with Gasteiger partial charge < -0.3 is 5.73 Å². The van der Waals surface area contributed by atoms with Crippen LogP contribution in [0.2, 0.25) is 0 Å². The molecule has 1 aliphatic carbocycles. The van der Waals surface area contributed by atoms with Gasteiger partial charge in [0.05, 0.1) is 10.7 Å². The Morgan fingerprint density at radius 3 is 2.38 bits per heavy atom. The Kier molecular flexibility index (Phi) is 5.15. The number of nitrogens with zero attached hydrogens (tertiary/aromatic N) is 1. The van der Waals surface area contributed by atoms with Crippen molar-refractivity contribution < 1.29 is 0 Å². The minimum atomic E-state index is 0.141. The van der Waals surface area contributed by atoms with Gasteiger partial charge in [-0.3, -0.25) is 0 Å². The lowest BCUT2D eigenvalue weighted by Crippen LogP contribution is -2.42. The second kappa shape index (κ2) is 6.37. The highest BCUT2D eigenvalue weighted by Crippen LogP contribution is 2.46. The highest BCUT2D eigenvalue weighted by atomic mass is 32.1. The number of hydrogen-bond acceptors (Lipinski definition) is 3. The van der Waals surface area contributed by atoms with Gasteiger partial charge >= 0.3 is 0 Å². The Balaban J connectivity index is 2.08. The predicted molar refractivity (Wildman–Crippen MR) is 92.8 cm³/mol. The molecule has 0 aromatic carbocycles. The SMILES string of the molecule is CC(C)CC1(C(N)Cc2nc(C(C)(C)C)cs2)CCCC1. The van der Waals surface area contributed by atoms with Crippen LogP contribution in [0.4, 0.5) is 0 Å². The normalized spacial score (nSPS) is 20.1. The first-order valence-corrected chi connectivity index (χ1v) is 9.31. The number of rotatable bonds is 5. The average Bonchev–Trinajstić information content (AvgIpc) is 2.97. The predicted octanol–water partition coefficient (Wildman–Crippen LogP) is 4.92. The first-order chi connectivity index (χ1) is 9.73. The van der Waals surface area contributed by atoms with Gasteiger partial charge in [-0.2, -0.15) is 0 Å². The summed E-state index contributed by atoms with van der Waals surface area (Å²) in [5, 5.41) is 3.44. The van der Waals surface area contributed by atoms with Crippen molar-refractivity contribution >= 4 is 11.3 Å². The number of aromatic nitrogens is 1. The van der Waals surface area contributed by atoms with Gasteiger partial charge in [-0.15, -0.1) is 11.3 Å². The molecule has 1 aromatic rings. The van der Waals surface area contributed by atoms with Crippen LogP contribution in [0, 0.1) is 11.3 Å². The quantitative estimate of drug-likeness (QED) is 0.838. The fraction of sp³-hybridized carbons (Fsp3) is 0.833. The van der Waals surface area contributed by atoms with Gasteiger partial charge in [0.1, 0.15) is 0 Å². The van der Waals surface area contributed by atoms with E-state index >= 15 is 0 Å². The van der Waals surface area contributed by atoms with Gasteiger partial charge in [-0.05, 0) is 30.6 Å². The zero-order chi connectivity index (χ0) is 15.7. The third-order valence-electron chi connectivity index (χ3n) is 4.92. The molecule has 0 amide bonds.